The van der Waals surface area contributed by atoms with Gasteiger partial charge in [-0.15, -0.1) is 0 Å². The summed E-state index contributed by atoms with van der Waals surface area (Å²) in [5.74, 6) is 1.19. The van der Waals surface area contributed by atoms with Gasteiger partial charge in [0.1, 0.15) is 0 Å². The molecule has 6 radical (unpaired) electrons. The van der Waals surface area contributed by atoms with E-state index in [9.17, 15) is 4.79 Å². The zero-order chi connectivity index (χ0) is 11.3. The third-order valence-corrected chi connectivity index (χ3v) is 2.52. The van der Waals surface area contributed by atoms with E-state index in [0.717, 1.165) is 5.92 Å². The Labute approximate surface area is 93.3 Å². The second-order valence-electron chi connectivity index (χ2n) is 3.54. The molecule has 1 aliphatic carbocycles. The van der Waals surface area contributed by atoms with Crippen LogP contribution in [-0.2, 0) is 4.79 Å². The van der Waals surface area contributed by atoms with E-state index < -0.39 is 0 Å². The van der Waals surface area contributed by atoms with E-state index in [2.05, 4.69) is 0 Å². The van der Waals surface area contributed by atoms with Crippen molar-refractivity contribution in [2.45, 2.75) is 19.9 Å². The average molecular weight is 203 g/mol. The van der Waals surface area contributed by atoms with Crippen LogP contribution in [-0.4, -0.2) is 23.9 Å². The summed E-state index contributed by atoms with van der Waals surface area (Å²) in [4.78, 5) is 13.3. The van der Waals surface area contributed by atoms with Gasteiger partial charge in [-0.2, -0.15) is 0 Å². The Bertz CT molecular complexity index is 229. The molecule has 0 aromatic carbocycles. The van der Waals surface area contributed by atoms with E-state index in [4.69, 9.17) is 0 Å². The maximum Gasteiger partial charge on any atom is 0.246 e. The van der Waals surface area contributed by atoms with Crippen LogP contribution in [0.25, 0.3) is 0 Å². The molecule has 1 rings (SSSR count). The largest absolute Gasteiger partial charge is 0.339 e. The highest BCUT2D eigenvalue weighted by molar-refractivity contribution is 5.87. The molecular formula is C13H17NO. The van der Waals surface area contributed by atoms with Gasteiger partial charge in [0.15, 0.2) is 0 Å². The fourth-order valence-corrected chi connectivity index (χ4v) is 1.41. The molecule has 1 atom stereocenters. The van der Waals surface area contributed by atoms with E-state index in [-0.39, 0.29) is 11.9 Å². The number of allylic oxidation sites excluding steroid dienone is 1. The van der Waals surface area contributed by atoms with Crippen molar-refractivity contribution in [1.29, 1.82) is 0 Å². The van der Waals surface area contributed by atoms with E-state index in [0.29, 0.717) is 0 Å². The Morgan fingerprint density at radius 1 is 1.33 bits per heavy atom. The van der Waals surface area contributed by atoms with Crippen LogP contribution < -0.4 is 0 Å². The SMILES string of the molecule is C/C=C/C(=O)N(C)[C@@H](C)[C]1[CH][CH][CH][CH][CH]1. The highest BCUT2D eigenvalue weighted by atomic mass is 16.2. The van der Waals surface area contributed by atoms with Gasteiger partial charge < -0.3 is 4.90 Å². The zero-order valence-corrected chi connectivity index (χ0v) is 9.47. The van der Waals surface area contributed by atoms with Crippen LogP contribution in [0.3, 0.4) is 0 Å². The molecule has 1 aliphatic rings. The Morgan fingerprint density at radius 2 is 1.93 bits per heavy atom. The minimum Gasteiger partial charge on any atom is -0.339 e. The lowest BCUT2D eigenvalue weighted by molar-refractivity contribution is -0.126. The molecule has 2 nitrogen and oxygen atoms in total. The average Bonchev–Trinajstić information content (AvgIpc) is 2.28. The van der Waals surface area contributed by atoms with E-state index in [1.165, 1.54) is 0 Å². The van der Waals surface area contributed by atoms with Gasteiger partial charge in [0.05, 0.1) is 0 Å². The van der Waals surface area contributed by atoms with E-state index >= 15 is 0 Å². The third kappa shape index (κ3) is 3.37. The van der Waals surface area contributed by atoms with Crippen LogP contribution in [0.1, 0.15) is 13.8 Å². The first kappa shape index (κ1) is 12.3. The Morgan fingerprint density at radius 3 is 2.47 bits per heavy atom. The number of carbonyl (C=O) groups excluding carboxylic acids is 1. The van der Waals surface area contributed by atoms with Crippen molar-refractivity contribution in [1.82, 2.24) is 4.90 Å². The van der Waals surface area contributed by atoms with Crippen molar-refractivity contribution >= 4 is 5.91 Å². The van der Waals surface area contributed by atoms with Crippen LogP contribution in [0.2, 0.25) is 0 Å². The fourth-order valence-electron chi connectivity index (χ4n) is 1.41. The lowest BCUT2D eigenvalue weighted by Crippen LogP contribution is -2.39. The number of carbonyl (C=O) groups is 1. The lowest BCUT2D eigenvalue weighted by atomic mass is 9.84. The molecule has 1 saturated carbocycles. The molecule has 2 heteroatoms. The van der Waals surface area contributed by atoms with Crippen molar-refractivity contribution in [3.63, 3.8) is 0 Å². The second-order valence-corrected chi connectivity index (χ2v) is 3.54. The first-order valence-corrected chi connectivity index (χ1v) is 5.11. The van der Waals surface area contributed by atoms with Gasteiger partial charge in [-0.25, -0.2) is 0 Å². The summed E-state index contributed by atoms with van der Waals surface area (Å²) in [6.07, 6.45) is 13.4. The topological polar surface area (TPSA) is 20.3 Å². The molecule has 1 fully saturated rings. The molecule has 0 unspecified atom stereocenters. The Hall–Kier alpha value is -0.790. The van der Waals surface area contributed by atoms with Crippen molar-refractivity contribution in [2.75, 3.05) is 7.05 Å². The van der Waals surface area contributed by atoms with Crippen molar-refractivity contribution in [3.8, 4) is 0 Å². The molecule has 80 valence electrons. The molecule has 0 aliphatic heterocycles. The van der Waals surface area contributed by atoms with Gasteiger partial charge in [-0.05, 0) is 52.0 Å². The molecule has 0 aromatic heterocycles. The first-order valence-electron chi connectivity index (χ1n) is 5.11. The highest BCUT2D eigenvalue weighted by Crippen LogP contribution is 2.27. The number of amides is 1. The molecular weight excluding hydrogens is 186 g/mol. The summed E-state index contributed by atoms with van der Waals surface area (Å²) in [5.41, 5.74) is 0. The summed E-state index contributed by atoms with van der Waals surface area (Å²) >= 11 is 0. The van der Waals surface area contributed by atoms with Gasteiger partial charge >= 0.3 is 0 Å². The predicted octanol–water partition coefficient (Wildman–Crippen LogP) is 2.02. The third-order valence-electron chi connectivity index (χ3n) is 2.52. The van der Waals surface area contributed by atoms with Gasteiger partial charge in [-0.1, -0.05) is 6.08 Å². The summed E-state index contributed by atoms with van der Waals surface area (Å²) in [5, 5.41) is 0. The molecule has 0 saturated heterocycles. The van der Waals surface area contributed by atoms with Crippen LogP contribution in [0.4, 0.5) is 0 Å². The van der Waals surface area contributed by atoms with Gasteiger partial charge in [0.2, 0.25) is 5.91 Å². The zero-order valence-electron chi connectivity index (χ0n) is 9.47. The number of hydrogen-bond acceptors (Lipinski definition) is 1. The minimum atomic E-state index is 0.0360. The quantitative estimate of drug-likeness (QED) is 0.643. The molecule has 0 bridgehead atoms. The van der Waals surface area contributed by atoms with Crippen LogP contribution >= 0.6 is 0 Å². The highest BCUT2D eigenvalue weighted by Gasteiger charge is 2.25. The van der Waals surface area contributed by atoms with Gasteiger partial charge in [-0.3, -0.25) is 4.79 Å². The summed E-state index contributed by atoms with van der Waals surface area (Å²) in [6, 6.07) is 0.106. The lowest BCUT2D eigenvalue weighted by Gasteiger charge is -2.32. The van der Waals surface area contributed by atoms with Crippen molar-refractivity contribution in [2.24, 2.45) is 0 Å². The monoisotopic (exact) mass is 203 g/mol. The maximum absolute atomic E-state index is 11.6. The maximum atomic E-state index is 11.6. The number of hydrogen-bond donors (Lipinski definition) is 0. The molecule has 0 spiro atoms. The van der Waals surface area contributed by atoms with E-state index in [1.54, 1.807) is 17.1 Å². The second kappa shape index (κ2) is 5.94. The summed E-state index contributed by atoms with van der Waals surface area (Å²) in [7, 11) is 1.82. The molecule has 0 heterocycles. The molecule has 15 heavy (non-hydrogen) atoms. The van der Waals surface area contributed by atoms with Gasteiger partial charge in [0.25, 0.3) is 0 Å². The fraction of sp³-hybridized carbons (Fsp3) is 0.308. The number of likely N-dealkylation sites (N-methyl/N-ethyl adjacent to an activating group) is 1. The minimum absolute atomic E-state index is 0.0360. The standard InChI is InChI=1S/C13H17NO/c1-4-8-13(15)14(3)11(2)12-9-6-5-7-10-12/h4-11H,1-3H3/b8-4+/t11-/m0/s1. The van der Waals surface area contributed by atoms with Gasteiger partial charge in [0, 0.05) is 19.0 Å². The van der Waals surface area contributed by atoms with E-state index in [1.807, 2.05) is 53.0 Å². The number of rotatable bonds is 3. The Balaban J connectivity index is 2.50. The van der Waals surface area contributed by atoms with Crippen molar-refractivity contribution < 1.29 is 4.79 Å². The number of nitrogens with zero attached hydrogens (tertiary/aromatic N) is 1. The van der Waals surface area contributed by atoms with Crippen LogP contribution in [0.15, 0.2) is 12.2 Å². The smallest absolute Gasteiger partial charge is 0.246 e. The van der Waals surface area contributed by atoms with Crippen LogP contribution in [0, 0.1) is 38.0 Å². The summed E-state index contributed by atoms with van der Waals surface area (Å²) < 4.78 is 0. The predicted molar refractivity (Wildman–Crippen MR) is 61.8 cm³/mol. The normalized spacial score (nSPS) is 20.5. The first-order chi connectivity index (χ1) is 7.16. The molecule has 0 N–H and O–H groups in total. The van der Waals surface area contributed by atoms with Crippen molar-refractivity contribution in [3.05, 3.63) is 50.2 Å². The molecule has 0 aromatic rings. The molecule has 1 amide bonds. The summed E-state index contributed by atoms with van der Waals surface area (Å²) in [6.45, 7) is 3.87. The Kier molecular flexibility index (Phi) is 4.86. The van der Waals surface area contributed by atoms with Crippen LogP contribution in [0.5, 0.6) is 0 Å².